The summed E-state index contributed by atoms with van der Waals surface area (Å²) in [5, 5.41) is 8.93. The number of nitrogens with one attached hydrogen (secondary N) is 2. The molecule has 2 rings (SSSR count). The Labute approximate surface area is 145 Å². The van der Waals surface area contributed by atoms with Gasteiger partial charge >= 0.3 is 12.1 Å². The fraction of sp³-hybridized carbons (Fsp3) is 0.625. The van der Waals surface area contributed by atoms with Crippen molar-refractivity contribution < 1.29 is 28.4 Å². The number of rotatable bonds is 6. The predicted octanol–water partition coefficient (Wildman–Crippen LogP) is 1.49. The first-order valence-electron chi connectivity index (χ1n) is 8.02. The van der Waals surface area contributed by atoms with Crippen molar-refractivity contribution in [1.29, 1.82) is 0 Å². The number of nitrogens with zero attached hydrogens (tertiary/aromatic N) is 1. The first-order valence-corrected chi connectivity index (χ1v) is 8.02. The molecule has 0 radical (unpaired) electrons. The van der Waals surface area contributed by atoms with E-state index >= 15 is 0 Å². The zero-order valence-corrected chi connectivity index (χ0v) is 14.8. The summed E-state index contributed by atoms with van der Waals surface area (Å²) in [4.78, 5) is 35.3. The summed E-state index contributed by atoms with van der Waals surface area (Å²) in [6.07, 6.45) is 1.38. The molecular weight excluding hydrogens is 330 g/mol. The van der Waals surface area contributed by atoms with E-state index < -0.39 is 23.6 Å². The zero-order valence-electron chi connectivity index (χ0n) is 14.8. The van der Waals surface area contributed by atoms with Gasteiger partial charge in [0.25, 0.3) is 5.91 Å². The van der Waals surface area contributed by atoms with Gasteiger partial charge in [0.2, 0.25) is 5.76 Å². The SMILES string of the molecule is COC(=O)c1cc(C(=O)N[C@H](CNC(=O)OC(C)(C)C)C2CC2)on1. The lowest BCUT2D eigenvalue weighted by Crippen LogP contribution is -2.46. The topological polar surface area (TPSA) is 120 Å². The fourth-order valence-corrected chi connectivity index (χ4v) is 2.16. The van der Waals surface area contributed by atoms with Crippen LogP contribution in [0.1, 0.15) is 54.7 Å². The van der Waals surface area contributed by atoms with Gasteiger partial charge in [-0.15, -0.1) is 0 Å². The third-order valence-electron chi connectivity index (χ3n) is 3.50. The number of amides is 2. The minimum atomic E-state index is -0.687. The highest BCUT2D eigenvalue weighted by Gasteiger charge is 2.34. The highest BCUT2D eigenvalue weighted by atomic mass is 16.6. The van der Waals surface area contributed by atoms with Crippen molar-refractivity contribution in [3.63, 3.8) is 0 Å². The van der Waals surface area contributed by atoms with Crippen LogP contribution in [0, 0.1) is 5.92 Å². The minimum absolute atomic E-state index is 0.0810. The number of carbonyl (C=O) groups is 3. The Morgan fingerprint density at radius 2 is 2.04 bits per heavy atom. The predicted molar refractivity (Wildman–Crippen MR) is 86.1 cm³/mol. The monoisotopic (exact) mass is 353 g/mol. The molecule has 138 valence electrons. The molecule has 1 aliphatic carbocycles. The number of esters is 1. The van der Waals surface area contributed by atoms with Gasteiger partial charge in [0.15, 0.2) is 5.69 Å². The van der Waals surface area contributed by atoms with E-state index in [1.807, 2.05) is 0 Å². The van der Waals surface area contributed by atoms with Gasteiger partial charge in [-0.05, 0) is 39.5 Å². The molecule has 2 amide bonds. The van der Waals surface area contributed by atoms with Crippen LogP contribution < -0.4 is 10.6 Å². The molecule has 1 fully saturated rings. The van der Waals surface area contributed by atoms with Gasteiger partial charge in [-0.1, -0.05) is 5.16 Å². The molecule has 9 heteroatoms. The molecule has 1 heterocycles. The Hall–Kier alpha value is -2.58. The lowest BCUT2D eigenvalue weighted by atomic mass is 10.1. The lowest BCUT2D eigenvalue weighted by molar-refractivity contribution is 0.0517. The molecular formula is C16H23N3O6. The van der Waals surface area contributed by atoms with Crippen LogP contribution in [-0.2, 0) is 9.47 Å². The van der Waals surface area contributed by atoms with Crippen molar-refractivity contribution >= 4 is 18.0 Å². The van der Waals surface area contributed by atoms with Crippen LogP contribution >= 0.6 is 0 Å². The second-order valence-electron chi connectivity index (χ2n) is 6.87. The van der Waals surface area contributed by atoms with E-state index in [-0.39, 0.29) is 30.0 Å². The Bertz CT molecular complexity index is 645. The van der Waals surface area contributed by atoms with Crippen molar-refractivity contribution in [1.82, 2.24) is 15.8 Å². The van der Waals surface area contributed by atoms with Crippen LogP contribution in [0.15, 0.2) is 10.6 Å². The van der Waals surface area contributed by atoms with Gasteiger partial charge in [-0.25, -0.2) is 9.59 Å². The highest BCUT2D eigenvalue weighted by Crippen LogP contribution is 2.32. The maximum Gasteiger partial charge on any atom is 0.407 e. The van der Waals surface area contributed by atoms with Gasteiger partial charge in [-0.3, -0.25) is 4.79 Å². The maximum atomic E-state index is 12.2. The number of hydrogen-bond acceptors (Lipinski definition) is 7. The van der Waals surface area contributed by atoms with E-state index in [0.717, 1.165) is 12.8 Å². The summed E-state index contributed by atoms with van der Waals surface area (Å²) in [5.41, 5.74) is -0.672. The Morgan fingerprint density at radius 1 is 1.36 bits per heavy atom. The van der Waals surface area contributed by atoms with E-state index in [1.165, 1.54) is 13.2 Å². The normalized spacial score (nSPS) is 15.2. The summed E-state index contributed by atoms with van der Waals surface area (Å²) < 4.78 is 14.6. The average Bonchev–Trinajstić information content (AvgIpc) is 3.24. The molecule has 1 aromatic heterocycles. The van der Waals surface area contributed by atoms with Crippen LogP contribution in [0.5, 0.6) is 0 Å². The first kappa shape index (κ1) is 18.8. The number of alkyl carbamates (subject to hydrolysis) is 1. The molecule has 0 bridgehead atoms. The quantitative estimate of drug-likeness (QED) is 0.744. The third kappa shape index (κ3) is 5.77. The maximum absolute atomic E-state index is 12.2. The van der Waals surface area contributed by atoms with Gasteiger partial charge < -0.3 is 24.6 Å². The largest absolute Gasteiger partial charge is 0.464 e. The second-order valence-corrected chi connectivity index (χ2v) is 6.87. The average molecular weight is 353 g/mol. The molecule has 1 atom stereocenters. The fourth-order valence-electron chi connectivity index (χ4n) is 2.16. The van der Waals surface area contributed by atoms with E-state index in [1.54, 1.807) is 20.8 Å². The standard InChI is InChI=1S/C16H23N3O6/c1-16(2,3)24-15(22)17-8-11(9-5-6-9)18-13(20)12-7-10(19-25-12)14(21)23-4/h7,9,11H,5-6,8H2,1-4H3,(H,17,22)(H,18,20)/t11-/m1/s1. The van der Waals surface area contributed by atoms with Crippen molar-refractivity contribution in [3.05, 3.63) is 17.5 Å². The number of carbonyl (C=O) groups excluding carboxylic acids is 3. The van der Waals surface area contributed by atoms with E-state index in [2.05, 4.69) is 20.5 Å². The zero-order chi connectivity index (χ0) is 18.6. The summed E-state index contributed by atoms with van der Waals surface area (Å²) in [7, 11) is 1.21. The van der Waals surface area contributed by atoms with Crippen LogP contribution in [0.4, 0.5) is 4.79 Å². The summed E-state index contributed by atoms with van der Waals surface area (Å²) >= 11 is 0. The Kier molecular flexibility index (Phi) is 5.66. The minimum Gasteiger partial charge on any atom is -0.464 e. The Balaban J connectivity index is 1.90. The molecule has 0 spiro atoms. The molecule has 1 saturated carbocycles. The van der Waals surface area contributed by atoms with Crippen molar-refractivity contribution in [2.75, 3.05) is 13.7 Å². The van der Waals surface area contributed by atoms with Gasteiger partial charge in [0.1, 0.15) is 5.60 Å². The smallest absolute Gasteiger partial charge is 0.407 e. The van der Waals surface area contributed by atoms with Crippen molar-refractivity contribution in [2.45, 2.75) is 45.3 Å². The van der Waals surface area contributed by atoms with Crippen LogP contribution in [-0.4, -0.2) is 48.4 Å². The van der Waals surface area contributed by atoms with Gasteiger partial charge in [0.05, 0.1) is 7.11 Å². The Morgan fingerprint density at radius 3 is 2.60 bits per heavy atom. The summed E-state index contributed by atoms with van der Waals surface area (Å²) in [5.74, 6) is -1.01. The molecule has 0 saturated heterocycles. The highest BCUT2D eigenvalue weighted by molar-refractivity contribution is 5.95. The van der Waals surface area contributed by atoms with E-state index in [0.29, 0.717) is 0 Å². The molecule has 0 aliphatic heterocycles. The van der Waals surface area contributed by atoms with Gasteiger partial charge in [-0.2, -0.15) is 0 Å². The van der Waals surface area contributed by atoms with E-state index in [4.69, 9.17) is 9.26 Å². The number of hydrogen-bond donors (Lipinski definition) is 2. The van der Waals surface area contributed by atoms with Crippen LogP contribution in [0.3, 0.4) is 0 Å². The molecule has 25 heavy (non-hydrogen) atoms. The lowest BCUT2D eigenvalue weighted by Gasteiger charge is -2.22. The second kappa shape index (κ2) is 7.54. The molecule has 0 unspecified atom stereocenters. The van der Waals surface area contributed by atoms with Crippen molar-refractivity contribution in [2.24, 2.45) is 5.92 Å². The summed E-state index contributed by atoms with van der Waals surface area (Å²) in [6, 6.07) is 0.957. The molecule has 9 nitrogen and oxygen atoms in total. The molecule has 0 aromatic carbocycles. The molecule has 1 aliphatic rings. The van der Waals surface area contributed by atoms with Crippen LogP contribution in [0.2, 0.25) is 0 Å². The van der Waals surface area contributed by atoms with E-state index in [9.17, 15) is 14.4 Å². The third-order valence-corrected chi connectivity index (χ3v) is 3.50. The number of ether oxygens (including phenoxy) is 2. The van der Waals surface area contributed by atoms with Crippen LogP contribution in [0.25, 0.3) is 0 Å². The van der Waals surface area contributed by atoms with Gasteiger partial charge in [0, 0.05) is 18.7 Å². The molecule has 2 N–H and O–H groups in total. The number of aromatic nitrogens is 1. The summed E-state index contributed by atoms with van der Waals surface area (Å²) in [6.45, 7) is 5.56. The van der Waals surface area contributed by atoms with Crippen molar-refractivity contribution in [3.8, 4) is 0 Å². The molecule has 1 aromatic rings. The number of methoxy groups -OCH3 is 1. The first-order chi connectivity index (χ1) is 11.7.